The zero-order valence-electron chi connectivity index (χ0n) is 10.7. The molecule has 6 heteroatoms. The summed E-state index contributed by atoms with van der Waals surface area (Å²) in [5.41, 5.74) is -0.203. The molecular weight excluding hydrogens is 303 g/mol. The van der Waals surface area contributed by atoms with E-state index in [0.29, 0.717) is 5.56 Å². The second kappa shape index (κ2) is 6.18. The Morgan fingerprint density at radius 2 is 1.71 bits per heavy atom. The zero-order valence-corrected chi connectivity index (χ0v) is 11.4. The lowest BCUT2D eigenvalue weighted by atomic mass is 10.1. The van der Waals surface area contributed by atoms with Crippen molar-refractivity contribution in [1.29, 1.82) is 0 Å². The van der Waals surface area contributed by atoms with Crippen molar-refractivity contribution < 1.29 is 18.0 Å². The second-order valence-electron chi connectivity index (χ2n) is 4.34. The first kappa shape index (κ1) is 15.4. The van der Waals surface area contributed by atoms with E-state index < -0.39 is 23.0 Å². The lowest BCUT2D eigenvalue weighted by Crippen LogP contribution is -2.17. The SMILES string of the molecule is O=C(Nc1cccc(C(F)(F)F)c1)[C@@H](Cl)c1ccccc1. The minimum absolute atomic E-state index is 0.0522. The number of rotatable bonds is 3. The first-order chi connectivity index (χ1) is 9.88. The van der Waals surface area contributed by atoms with Gasteiger partial charge in [-0.3, -0.25) is 4.79 Å². The van der Waals surface area contributed by atoms with Gasteiger partial charge < -0.3 is 5.32 Å². The number of carbonyl (C=O) groups excluding carboxylic acids is 1. The van der Waals surface area contributed by atoms with Gasteiger partial charge >= 0.3 is 6.18 Å². The van der Waals surface area contributed by atoms with E-state index in [1.807, 2.05) is 0 Å². The fourth-order valence-corrected chi connectivity index (χ4v) is 1.95. The van der Waals surface area contributed by atoms with Gasteiger partial charge in [-0.15, -0.1) is 11.6 Å². The number of hydrogen-bond acceptors (Lipinski definition) is 1. The predicted octanol–water partition coefficient (Wildman–Crippen LogP) is 4.62. The molecule has 0 aliphatic carbocycles. The summed E-state index contributed by atoms with van der Waals surface area (Å²) in [5, 5.41) is 1.41. The Morgan fingerprint density at radius 3 is 2.33 bits per heavy atom. The second-order valence-corrected chi connectivity index (χ2v) is 4.78. The quantitative estimate of drug-likeness (QED) is 0.823. The number of nitrogens with one attached hydrogen (secondary N) is 1. The lowest BCUT2D eigenvalue weighted by Gasteiger charge is -2.12. The van der Waals surface area contributed by atoms with Crippen LogP contribution in [0.3, 0.4) is 0 Å². The lowest BCUT2D eigenvalue weighted by molar-refractivity contribution is -0.137. The van der Waals surface area contributed by atoms with Crippen LogP contribution in [0.4, 0.5) is 18.9 Å². The summed E-state index contributed by atoms with van der Waals surface area (Å²) in [4.78, 5) is 11.9. The minimum atomic E-state index is -4.46. The van der Waals surface area contributed by atoms with Crippen LogP contribution in [0.2, 0.25) is 0 Å². The van der Waals surface area contributed by atoms with Crippen LogP contribution in [0.25, 0.3) is 0 Å². The summed E-state index contributed by atoms with van der Waals surface area (Å²) in [6.07, 6.45) is -4.46. The van der Waals surface area contributed by atoms with Gasteiger partial charge in [-0.05, 0) is 23.8 Å². The molecule has 2 rings (SSSR count). The van der Waals surface area contributed by atoms with E-state index in [4.69, 9.17) is 11.6 Å². The van der Waals surface area contributed by atoms with Crippen molar-refractivity contribution in [3.63, 3.8) is 0 Å². The summed E-state index contributed by atoms with van der Waals surface area (Å²) in [7, 11) is 0. The summed E-state index contributed by atoms with van der Waals surface area (Å²) in [6, 6.07) is 13.0. The van der Waals surface area contributed by atoms with Crippen LogP contribution in [0, 0.1) is 0 Å². The molecule has 0 radical (unpaired) electrons. The Kier molecular flexibility index (Phi) is 4.53. The molecule has 0 fully saturated rings. The number of benzene rings is 2. The van der Waals surface area contributed by atoms with Crippen molar-refractivity contribution in [3.05, 3.63) is 65.7 Å². The molecule has 0 aromatic heterocycles. The highest BCUT2D eigenvalue weighted by Crippen LogP contribution is 2.31. The van der Waals surface area contributed by atoms with Gasteiger partial charge in [-0.1, -0.05) is 36.4 Å². The zero-order chi connectivity index (χ0) is 15.5. The molecule has 0 bridgehead atoms. The molecule has 21 heavy (non-hydrogen) atoms. The van der Waals surface area contributed by atoms with Gasteiger partial charge in [-0.2, -0.15) is 13.2 Å². The van der Waals surface area contributed by atoms with E-state index in [1.54, 1.807) is 30.3 Å². The molecule has 0 aliphatic rings. The van der Waals surface area contributed by atoms with Crippen molar-refractivity contribution in [2.75, 3.05) is 5.32 Å². The van der Waals surface area contributed by atoms with Crippen LogP contribution in [0.5, 0.6) is 0 Å². The maximum atomic E-state index is 12.6. The minimum Gasteiger partial charge on any atom is -0.324 e. The monoisotopic (exact) mass is 313 g/mol. The van der Waals surface area contributed by atoms with E-state index in [-0.39, 0.29) is 5.69 Å². The van der Waals surface area contributed by atoms with Gasteiger partial charge in [0, 0.05) is 5.69 Å². The van der Waals surface area contributed by atoms with Gasteiger partial charge in [0.05, 0.1) is 5.56 Å². The molecule has 2 aromatic rings. The van der Waals surface area contributed by atoms with Gasteiger partial charge in [0.1, 0.15) is 5.38 Å². The molecule has 0 saturated carbocycles. The van der Waals surface area contributed by atoms with Crippen LogP contribution in [-0.4, -0.2) is 5.91 Å². The van der Waals surface area contributed by atoms with Crippen LogP contribution in [0.15, 0.2) is 54.6 Å². The molecule has 110 valence electrons. The topological polar surface area (TPSA) is 29.1 Å². The number of alkyl halides is 4. The average molecular weight is 314 g/mol. The molecule has 2 aromatic carbocycles. The summed E-state index contributed by atoms with van der Waals surface area (Å²) in [5.74, 6) is -0.581. The third-order valence-corrected chi connectivity index (χ3v) is 3.23. The summed E-state index contributed by atoms with van der Waals surface area (Å²) < 4.78 is 37.8. The maximum absolute atomic E-state index is 12.6. The largest absolute Gasteiger partial charge is 0.416 e. The Hall–Kier alpha value is -2.01. The van der Waals surface area contributed by atoms with E-state index in [1.165, 1.54) is 12.1 Å². The highest BCUT2D eigenvalue weighted by molar-refractivity contribution is 6.32. The summed E-state index contributed by atoms with van der Waals surface area (Å²) >= 11 is 6.00. The Balaban J connectivity index is 2.13. The Labute approximate surface area is 124 Å². The highest BCUT2D eigenvalue weighted by atomic mass is 35.5. The van der Waals surface area contributed by atoms with E-state index >= 15 is 0 Å². The van der Waals surface area contributed by atoms with Crippen molar-refractivity contribution in [3.8, 4) is 0 Å². The molecule has 1 atom stereocenters. The molecule has 1 N–H and O–H groups in total. The third kappa shape index (κ3) is 3.98. The smallest absolute Gasteiger partial charge is 0.324 e. The Bertz CT molecular complexity index is 628. The fraction of sp³-hybridized carbons (Fsp3) is 0.133. The van der Waals surface area contributed by atoms with Gasteiger partial charge in [0.2, 0.25) is 5.91 Å². The first-order valence-corrected chi connectivity index (χ1v) is 6.49. The molecule has 0 saturated heterocycles. The predicted molar refractivity (Wildman–Crippen MR) is 75.1 cm³/mol. The van der Waals surface area contributed by atoms with Crippen LogP contribution >= 0.6 is 11.6 Å². The van der Waals surface area contributed by atoms with Gasteiger partial charge in [0.15, 0.2) is 0 Å². The van der Waals surface area contributed by atoms with Crippen LogP contribution < -0.4 is 5.32 Å². The molecular formula is C15H11ClF3NO. The van der Waals surface area contributed by atoms with Crippen LogP contribution in [0.1, 0.15) is 16.5 Å². The molecule has 1 amide bonds. The van der Waals surface area contributed by atoms with Gasteiger partial charge in [0.25, 0.3) is 0 Å². The van der Waals surface area contributed by atoms with E-state index in [9.17, 15) is 18.0 Å². The number of halogens is 4. The fourth-order valence-electron chi connectivity index (χ4n) is 1.75. The highest BCUT2D eigenvalue weighted by Gasteiger charge is 2.30. The van der Waals surface area contributed by atoms with Gasteiger partial charge in [-0.25, -0.2) is 0 Å². The van der Waals surface area contributed by atoms with Crippen molar-refractivity contribution >= 4 is 23.2 Å². The molecule has 0 unspecified atom stereocenters. The molecule has 0 heterocycles. The standard InChI is InChI=1S/C15H11ClF3NO/c16-13(10-5-2-1-3-6-10)14(21)20-12-8-4-7-11(9-12)15(17,18)19/h1-9,13H,(H,20,21)/t13-/m0/s1. The van der Waals surface area contributed by atoms with Crippen LogP contribution in [-0.2, 0) is 11.0 Å². The van der Waals surface area contributed by atoms with E-state index in [0.717, 1.165) is 12.1 Å². The maximum Gasteiger partial charge on any atom is 0.416 e. The third-order valence-electron chi connectivity index (χ3n) is 2.78. The van der Waals surface area contributed by atoms with E-state index in [2.05, 4.69) is 5.32 Å². The van der Waals surface area contributed by atoms with Crippen molar-refractivity contribution in [2.24, 2.45) is 0 Å². The summed E-state index contributed by atoms with van der Waals surface area (Å²) in [6.45, 7) is 0. The number of amides is 1. The first-order valence-electron chi connectivity index (χ1n) is 6.05. The van der Waals surface area contributed by atoms with Crippen molar-refractivity contribution in [2.45, 2.75) is 11.6 Å². The molecule has 0 aliphatic heterocycles. The Morgan fingerprint density at radius 1 is 1.05 bits per heavy atom. The number of anilines is 1. The molecule has 2 nitrogen and oxygen atoms in total. The average Bonchev–Trinajstić information content (AvgIpc) is 2.47. The number of hydrogen-bond donors (Lipinski definition) is 1. The van der Waals surface area contributed by atoms with Crippen molar-refractivity contribution in [1.82, 2.24) is 0 Å². The molecule has 0 spiro atoms. The normalized spacial score (nSPS) is 12.8. The number of carbonyl (C=O) groups is 1.